The Labute approximate surface area is 112 Å². The molecule has 1 aromatic carbocycles. The summed E-state index contributed by atoms with van der Waals surface area (Å²) in [6.45, 7) is 2.85. The van der Waals surface area contributed by atoms with E-state index in [1.54, 1.807) is 11.3 Å². The molecule has 18 heavy (non-hydrogen) atoms. The molecule has 0 aliphatic heterocycles. The third-order valence-electron chi connectivity index (χ3n) is 2.78. The van der Waals surface area contributed by atoms with Gasteiger partial charge in [0, 0.05) is 18.0 Å². The molecule has 2 rings (SSSR count). The highest BCUT2D eigenvalue weighted by Gasteiger charge is 2.08. The first-order chi connectivity index (χ1) is 8.78. The standard InChI is InChI=1S/C14H18N2OS/c1-11-16-14(10-18-11)8-15-13(9-17)7-12-5-3-2-4-6-12/h2-6,10,13,15,17H,7-9H2,1H3/t13-/m0/s1. The summed E-state index contributed by atoms with van der Waals surface area (Å²) < 4.78 is 0. The van der Waals surface area contributed by atoms with Gasteiger partial charge in [0.15, 0.2) is 0 Å². The van der Waals surface area contributed by atoms with Gasteiger partial charge >= 0.3 is 0 Å². The largest absolute Gasteiger partial charge is 0.395 e. The Bertz CT molecular complexity index is 470. The molecule has 0 unspecified atom stereocenters. The summed E-state index contributed by atoms with van der Waals surface area (Å²) in [4.78, 5) is 4.40. The van der Waals surface area contributed by atoms with E-state index in [2.05, 4.69) is 27.8 Å². The van der Waals surface area contributed by atoms with Gasteiger partial charge in [-0.1, -0.05) is 30.3 Å². The number of benzene rings is 1. The molecule has 96 valence electrons. The monoisotopic (exact) mass is 262 g/mol. The lowest BCUT2D eigenvalue weighted by Crippen LogP contribution is -2.34. The molecule has 3 nitrogen and oxygen atoms in total. The Hall–Kier alpha value is -1.23. The zero-order valence-electron chi connectivity index (χ0n) is 10.5. The van der Waals surface area contributed by atoms with Crippen molar-refractivity contribution in [2.45, 2.75) is 25.9 Å². The van der Waals surface area contributed by atoms with Crippen LogP contribution in [0, 0.1) is 6.92 Å². The molecular formula is C14H18N2OS. The van der Waals surface area contributed by atoms with Gasteiger partial charge in [0.2, 0.25) is 0 Å². The van der Waals surface area contributed by atoms with Crippen molar-refractivity contribution in [3.63, 3.8) is 0 Å². The van der Waals surface area contributed by atoms with E-state index in [4.69, 9.17) is 0 Å². The number of nitrogens with zero attached hydrogens (tertiary/aromatic N) is 1. The number of thiazole rings is 1. The van der Waals surface area contributed by atoms with Crippen LogP contribution in [0.4, 0.5) is 0 Å². The minimum atomic E-state index is 0.0782. The maximum absolute atomic E-state index is 9.39. The van der Waals surface area contributed by atoms with Crippen LogP contribution in [-0.2, 0) is 13.0 Å². The van der Waals surface area contributed by atoms with E-state index in [9.17, 15) is 5.11 Å². The number of aliphatic hydroxyl groups is 1. The molecule has 0 amide bonds. The van der Waals surface area contributed by atoms with Crippen molar-refractivity contribution < 1.29 is 5.11 Å². The van der Waals surface area contributed by atoms with Gasteiger partial charge in [-0.25, -0.2) is 4.98 Å². The Morgan fingerprint density at radius 2 is 2.11 bits per heavy atom. The summed E-state index contributed by atoms with van der Waals surface area (Å²) in [6, 6.07) is 10.3. The molecule has 0 aliphatic rings. The first-order valence-electron chi connectivity index (χ1n) is 6.07. The van der Waals surface area contributed by atoms with E-state index in [1.807, 2.05) is 25.1 Å². The molecule has 4 heteroatoms. The summed E-state index contributed by atoms with van der Waals surface area (Å²) in [5, 5.41) is 15.9. The summed E-state index contributed by atoms with van der Waals surface area (Å²) in [5.74, 6) is 0. The topological polar surface area (TPSA) is 45.2 Å². The van der Waals surface area contributed by atoms with E-state index in [0.717, 1.165) is 17.1 Å². The lowest BCUT2D eigenvalue weighted by Gasteiger charge is -2.15. The van der Waals surface area contributed by atoms with Crippen molar-refractivity contribution >= 4 is 11.3 Å². The highest BCUT2D eigenvalue weighted by molar-refractivity contribution is 7.09. The molecule has 2 aromatic rings. The third kappa shape index (κ3) is 3.91. The molecular weight excluding hydrogens is 244 g/mol. The van der Waals surface area contributed by atoms with Gasteiger partial charge in [0.05, 0.1) is 17.3 Å². The van der Waals surface area contributed by atoms with E-state index in [0.29, 0.717) is 6.54 Å². The maximum Gasteiger partial charge on any atom is 0.0897 e. The second kappa shape index (κ2) is 6.64. The fraction of sp³-hybridized carbons (Fsp3) is 0.357. The molecule has 0 spiro atoms. The SMILES string of the molecule is Cc1nc(CN[C@H](CO)Cc2ccccc2)cs1. The minimum Gasteiger partial charge on any atom is -0.395 e. The molecule has 0 fully saturated rings. The molecule has 0 saturated carbocycles. The first kappa shape index (κ1) is 13.2. The van der Waals surface area contributed by atoms with Crippen LogP contribution in [0.3, 0.4) is 0 Å². The number of aliphatic hydroxyl groups excluding tert-OH is 1. The fourth-order valence-corrected chi connectivity index (χ4v) is 2.45. The second-order valence-electron chi connectivity index (χ2n) is 4.31. The second-order valence-corrected chi connectivity index (χ2v) is 5.37. The van der Waals surface area contributed by atoms with E-state index < -0.39 is 0 Å². The first-order valence-corrected chi connectivity index (χ1v) is 6.95. The number of hydrogen-bond donors (Lipinski definition) is 2. The number of nitrogens with one attached hydrogen (secondary N) is 1. The van der Waals surface area contributed by atoms with Crippen molar-refractivity contribution in [2.24, 2.45) is 0 Å². The van der Waals surface area contributed by atoms with Gasteiger partial charge < -0.3 is 10.4 Å². The van der Waals surface area contributed by atoms with Crippen molar-refractivity contribution in [1.82, 2.24) is 10.3 Å². The fourth-order valence-electron chi connectivity index (χ4n) is 1.84. The molecule has 0 bridgehead atoms. The summed E-state index contributed by atoms with van der Waals surface area (Å²) in [6.07, 6.45) is 0.834. The van der Waals surface area contributed by atoms with Crippen LogP contribution >= 0.6 is 11.3 Å². The number of rotatable bonds is 6. The molecule has 1 aromatic heterocycles. The Morgan fingerprint density at radius 3 is 2.72 bits per heavy atom. The van der Waals surface area contributed by atoms with E-state index >= 15 is 0 Å². The normalized spacial score (nSPS) is 12.6. The van der Waals surface area contributed by atoms with Crippen LogP contribution in [0.25, 0.3) is 0 Å². The van der Waals surface area contributed by atoms with Crippen molar-refractivity contribution in [3.8, 4) is 0 Å². The Kier molecular flexibility index (Phi) is 4.87. The maximum atomic E-state index is 9.39. The Morgan fingerprint density at radius 1 is 1.33 bits per heavy atom. The zero-order chi connectivity index (χ0) is 12.8. The molecule has 0 aliphatic carbocycles. The molecule has 2 N–H and O–H groups in total. The highest BCUT2D eigenvalue weighted by atomic mass is 32.1. The molecule has 0 radical (unpaired) electrons. The van der Waals surface area contributed by atoms with Crippen molar-refractivity contribution in [3.05, 3.63) is 52.0 Å². The average Bonchev–Trinajstić information content (AvgIpc) is 2.81. The molecule has 1 atom stereocenters. The highest BCUT2D eigenvalue weighted by Crippen LogP contribution is 2.08. The van der Waals surface area contributed by atoms with Crippen LogP contribution in [0.5, 0.6) is 0 Å². The van der Waals surface area contributed by atoms with Crippen LogP contribution < -0.4 is 5.32 Å². The number of hydrogen-bond acceptors (Lipinski definition) is 4. The van der Waals surface area contributed by atoms with Crippen molar-refractivity contribution in [2.75, 3.05) is 6.61 Å². The number of aryl methyl sites for hydroxylation is 1. The summed E-state index contributed by atoms with van der Waals surface area (Å²) in [7, 11) is 0. The smallest absolute Gasteiger partial charge is 0.0897 e. The molecule has 1 heterocycles. The van der Waals surface area contributed by atoms with Crippen LogP contribution in [0.2, 0.25) is 0 Å². The van der Waals surface area contributed by atoms with E-state index in [-0.39, 0.29) is 12.6 Å². The van der Waals surface area contributed by atoms with Gasteiger partial charge in [0.25, 0.3) is 0 Å². The zero-order valence-corrected chi connectivity index (χ0v) is 11.3. The summed E-state index contributed by atoms with van der Waals surface area (Å²) in [5.41, 5.74) is 2.28. The van der Waals surface area contributed by atoms with Gasteiger partial charge in [-0.2, -0.15) is 0 Å². The minimum absolute atomic E-state index is 0.0782. The number of aromatic nitrogens is 1. The predicted octanol–water partition coefficient (Wildman–Crippen LogP) is 2.14. The predicted molar refractivity (Wildman–Crippen MR) is 74.7 cm³/mol. The quantitative estimate of drug-likeness (QED) is 0.838. The van der Waals surface area contributed by atoms with Gasteiger partial charge in [-0.3, -0.25) is 0 Å². The van der Waals surface area contributed by atoms with Crippen LogP contribution in [-0.4, -0.2) is 22.7 Å². The van der Waals surface area contributed by atoms with Crippen LogP contribution in [0.1, 0.15) is 16.3 Å². The Balaban J connectivity index is 1.86. The van der Waals surface area contributed by atoms with Gasteiger partial charge in [-0.05, 0) is 18.9 Å². The lowest BCUT2D eigenvalue weighted by molar-refractivity contribution is 0.240. The molecule has 0 saturated heterocycles. The third-order valence-corrected chi connectivity index (χ3v) is 3.61. The van der Waals surface area contributed by atoms with Gasteiger partial charge in [0.1, 0.15) is 0 Å². The van der Waals surface area contributed by atoms with Crippen LogP contribution in [0.15, 0.2) is 35.7 Å². The summed E-state index contributed by atoms with van der Waals surface area (Å²) >= 11 is 1.65. The average molecular weight is 262 g/mol. The van der Waals surface area contributed by atoms with Gasteiger partial charge in [-0.15, -0.1) is 11.3 Å². The van der Waals surface area contributed by atoms with Crippen molar-refractivity contribution in [1.29, 1.82) is 0 Å². The van der Waals surface area contributed by atoms with E-state index in [1.165, 1.54) is 5.56 Å². The lowest BCUT2D eigenvalue weighted by atomic mass is 10.1.